The van der Waals surface area contributed by atoms with Crippen LogP contribution in [-0.4, -0.2) is 29.1 Å². The van der Waals surface area contributed by atoms with E-state index < -0.39 is 5.97 Å². The Kier molecular flexibility index (Phi) is 4.84. The van der Waals surface area contributed by atoms with Crippen LogP contribution in [0.4, 0.5) is 0 Å². The minimum atomic E-state index is -0.404. The van der Waals surface area contributed by atoms with Crippen molar-refractivity contribution in [3.8, 4) is 0 Å². The zero-order chi connectivity index (χ0) is 14.5. The molecule has 0 N–H and O–H groups in total. The molecule has 5 heteroatoms. The molecule has 0 unspecified atom stereocenters. The van der Waals surface area contributed by atoms with Gasteiger partial charge in [-0.05, 0) is 19.4 Å². The fourth-order valence-electron chi connectivity index (χ4n) is 1.98. The van der Waals surface area contributed by atoms with Crippen molar-refractivity contribution in [3.63, 3.8) is 0 Å². The zero-order valence-electron chi connectivity index (χ0n) is 11.6. The Morgan fingerprint density at radius 3 is 3.00 bits per heavy atom. The lowest BCUT2D eigenvalue weighted by atomic mass is 10.1. The third-order valence-corrected chi connectivity index (χ3v) is 3.89. The number of nitrogens with zero attached hydrogens (tertiary/aromatic N) is 1. The summed E-state index contributed by atoms with van der Waals surface area (Å²) in [6.07, 6.45) is 1.40. The summed E-state index contributed by atoms with van der Waals surface area (Å²) in [5.74, 6) is -0.0113. The van der Waals surface area contributed by atoms with E-state index in [1.165, 1.54) is 17.8 Å². The van der Waals surface area contributed by atoms with Gasteiger partial charge in [0.2, 0.25) is 5.91 Å². The van der Waals surface area contributed by atoms with Crippen LogP contribution >= 0.6 is 11.8 Å². The molecule has 1 amide bonds. The predicted molar refractivity (Wildman–Crippen MR) is 78.9 cm³/mol. The van der Waals surface area contributed by atoms with Gasteiger partial charge in [-0.2, -0.15) is 0 Å². The summed E-state index contributed by atoms with van der Waals surface area (Å²) in [7, 11) is 0. The second-order valence-electron chi connectivity index (χ2n) is 4.49. The summed E-state index contributed by atoms with van der Waals surface area (Å²) in [5, 5.41) is 0.662. The number of rotatable bonds is 4. The summed E-state index contributed by atoms with van der Waals surface area (Å²) in [4.78, 5) is 25.1. The van der Waals surface area contributed by atoms with Crippen LogP contribution in [0.15, 0.2) is 35.4 Å². The molecule has 1 saturated heterocycles. The molecule has 1 fully saturated rings. The van der Waals surface area contributed by atoms with E-state index in [1.54, 1.807) is 11.8 Å². The molecule has 1 heterocycles. The first-order valence-corrected chi connectivity index (χ1v) is 7.46. The third-order valence-electron chi connectivity index (χ3n) is 2.86. The number of esters is 1. The van der Waals surface area contributed by atoms with Crippen LogP contribution in [0.5, 0.6) is 0 Å². The highest BCUT2D eigenvalue weighted by atomic mass is 32.2. The van der Waals surface area contributed by atoms with Gasteiger partial charge in [-0.1, -0.05) is 41.6 Å². The molecule has 0 aliphatic carbocycles. The first kappa shape index (κ1) is 14.7. The van der Waals surface area contributed by atoms with Crippen LogP contribution in [0.2, 0.25) is 0 Å². The fraction of sp³-hybridized carbons (Fsp3) is 0.333. The summed E-state index contributed by atoms with van der Waals surface area (Å²) in [5.41, 5.74) is 2.20. The normalized spacial score (nSPS) is 16.8. The molecule has 0 saturated carbocycles. The SMILES string of the molecule is CCOC(=O)/C=C1/SCC(=O)N1Cc1cccc(C)c1. The first-order valence-electron chi connectivity index (χ1n) is 6.47. The smallest absolute Gasteiger partial charge is 0.333 e. The summed E-state index contributed by atoms with van der Waals surface area (Å²) < 4.78 is 4.89. The van der Waals surface area contributed by atoms with E-state index in [0.29, 0.717) is 23.9 Å². The van der Waals surface area contributed by atoms with Gasteiger partial charge in [0.1, 0.15) is 0 Å². The van der Waals surface area contributed by atoms with Crippen LogP contribution in [0, 0.1) is 6.92 Å². The van der Waals surface area contributed by atoms with Gasteiger partial charge in [0.05, 0.1) is 30.0 Å². The van der Waals surface area contributed by atoms with E-state index in [2.05, 4.69) is 0 Å². The van der Waals surface area contributed by atoms with E-state index >= 15 is 0 Å². The van der Waals surface area contributed by atoms with Crippen molar-refractivity contribution in [2.24, 2.45) is 0 Å². The highest BCUT2D eigenvalue weighted by molar-refractivity contribution is 8.04. The van der Waals surface area contributed by atoms with Gasteiger partial charge in [-0.15, -0.1) is 0 Å². The molecule has 0 atom stereocenters. The minimum absolute atomic E-state index is 0.0204. The van der Waals surface area contributed by atoms with Crippen molar-refractivity contribution >= 4 is 23.6 Å². The molecule has 2 rings (SSSR count). The van der Waals surface area contributed by atoms with Gasteiger partial charge < -0.3 is 9.64 Å². The summed E-state index contributed by atoms with van der Waals surface area (Å²) in [6, 6.07) is 8.00. The Bertz CT molecular complexity index is 554. The lowest BCUT2D eigenvalue weighted by molar-refractivity contribution is -0.137. The monoisotopic (exact) mass is 291 g/mol. The molecule has 0 radical (unpaired) electrons. The highest BCUT2D eigenvalue weighted by Crippen LogP contribution is 2.30. The number of hydrogen-bond donors (Lipinski definition) is 0. The molecule has 4 nitrogen and oxygen atoms in total. The molecule has 106 valence electrons. The molecule has 0 bridgehead atoms. The molecular formula is C15H17NO3S. The molecular weight excluding hydrogens is 274 g/mol. The molecule has 1 aromatic rings. The number of hydrogen-bond acceptors (Lipinski definition) is 4. The van der Waals surface area contributed by atoms with Gasteiger partial charge in [-0.3, -0.25) is 4.79 Å². The molecule has 1 aromatic carbocycles. The number of thioether (sulfide) groups is 1. The number of aryl methyl sites for hydroxylation is 1. The van der Waals surface area contributed by atoms with Crippen molar-refractivity contribution < 1.29 is 14.3 Å². The molecule has 0 spiro atoms. The van der Waals surface area contributed by atoms with Gasteiger partial charge in [0.15, 0.2) is 0 Å². The number of carbonyl (C=O) groups excluding carboxylic acids is 2. The predicted octanol–water partition coefficient (Wildman–Crippen LogP) is 2.47. The average molecular weight is 291 g/mol. The maximum atomic E-state index is 11.9. The zero-order valence-corrected chi connectivity index (χ0v) is 12.4. The topological polar surface area (TPSA) is 46.6 Å². The second kappa shape index (κ2) is 6.61. The summed E-state index contributed by atoms with van der Waals surface area (Å²) in [6.45, 7) is 4.59. The number of carbonyl (C=O) groups is 2. The van der Waals surface area contributed by atoms with Gasteiger partial charge in [0.25, 0.3) is 0 Å². The van der Waals surface area contributed by atoms with E-state index in [9.17, 15) is 9.59 Å². The molecule has 1 aliphatic rings. The maximum absolute atomic E-state index is 11.9. The maximum Gasteiger partial charge on any atom is 0.333 e. The Morgan fingerprint density at radius 2 is 2.30 bits per heavy atom. The lowest BCUT2D eigenvalue weighted by Crippen LogP contribution is -2.24. The molecule has 0 aromatic heterocycles. The Hall–Kier alpha value is -1.75. The van der Waals surface area contributed by atoms with Crippen molar-refractivity contribution in [2.75, 3.05) is 12.4 Å². The van der Waals surface area contributed by atoms with Crippen molar-refractivity contribution in [1.29, 1.82) is 0 Å². The van der Waals surface area contributed by atoms with E-state index in [1.807, 2.05) is 31.2 Å². The van der Waals surface area contributed by atoms with Crippen LogP contribution in [0.1, 0.15) is 18.1 Å². The van der Waals surface area contributed by atoms with E-state index in [4.69, 9.17) is 4.74 Å². The minimum Gasteiger partial charge on any atom is -0.463 e. The van der Waals surface area contributed by atoms with Crippen molar-refractivity contribution in [1.82, 2.24) is 4.90 Å². The molecule has 20 heavy (non-hydrogen) atoms. The average Bonchev–Trinajstić information content (AvgIpc) is 2.72. The largest absolute Gasteiger partial charge is 0.463 e. The number of benzene rings is 1. The van der Waals surface area contributed by atoms with Gasteiger partial charge >= 0.3 is 5.97 Å². The first-order chi connectivity index (χ1) is 9.60. The number of amides is 1. The van der Waals surface area contributed by atoms with E-state index in [0.717, 1.165) is 11.1 Å². The Balaban J connectivity index is 2.15. The van der Waals surface area contributed by atoms with Gasteiger partial charge in [-0.25, -0.2) is 4.79 Å². The quantitative estimate of drug-likeness (QED) is 0.631. The highest BCUT2D eigenvalue weighted by Gasteiger charge is 2.27. The van der Waals surface area contributed by atoms with Crippen LogP contribution in [0.25, 0.3) is 0 Å². The fourth-order valence-corrected chi connectivity index (χ4v) is 2.91. The lowest BCUT2D eigenvalue weighted by Gasteiger charge is -2.17. The van der Waals surface area contributed by atoms with Crippen molar-refractivity contribution in [2.45, 2.75) is 20.4 Å². The third kappa shape index (κ3) is 3.63. The summed E-state index contributed by atoms with van der Waals surface area (Å²) >= 11 is 1.37. The van der Waals surface area contributed by atoms with Gasteiger partial charge in [0, 0.05) is 0 Å². The number of ether oxygens (including phenoxy) is 1. The van der Waals surface area contributed by atoms with Crippen LogP contribution in [0.3, 0.4) is 0 Å². The Labute approximate surface area is 122 Å². The van der Waals surface area contributed by atoms with Crippen LogP contribution < -0.4 is 0 Å². The van der Waals surface area contributed by atoms with Crippen molar-refractivity contribution in [3.05, 3.63) is 46.5 Å². The van der Waals surface area contributed by atoms with Crippen LogP contribution in [-0.2, 0) is 20.9 Å². The Morgan fingerprint density at radius 1 is 1.50 bits per heavy atom. The standard InChI is InChI=1S/C15H17NO3S/c1-3-19-15(18)8-14-16(13(17)10-20-14)9-12-6-4-5-11(2)7-12/h4-8H,3,9-10H2,1-2H3/b14-8+. The van der Waals surface area contributed by atoms with E-state index in [-0.39, 0.29) is 5.91 Å². The second-order valence-corrected chi connectivity index (χ2v) is 5.49. The molecule has 1 aliphatic heterocycles.